The Morgan fingerprint density at radius 3 is 1.40 bits per heavy atom. The first-order valence-electron chi connectivity index (χ1n) is 12.2. The molecule has 7 nitrogen and oxygen atoms in total. The van der Waals surface area contributed by atoms with Crippen molar-refractivity contribution in [3.8, 4) is 45.4 Å². The Hall–Kier alpha value is -4.47. The maximum Gasteiger partial charge on any atom is 0.200 e. The average molecular weight is 656 g/mol. The van der Waals surface area contributed by atoms with Gasteiger partial charge in [0.05, 0.1) is 22.5 Å². The number of ketones is 1. The lowest BCUT2D eigenvalue weighted by atomic mass is 9.97. The lowest BCUT2D eigenvalue weighted by Gasteiger charge is -2.07. The van der Waals surface area contributed by atoms with Crippen LogP contribution in [0.15, 0.2) is 118 Å². The summed E-state index contributed by atoms with van der Waals surface area (Å²) in [5, 5.41) is 31.0. The number of hydrogen-bond donors (Lipinski definition) is 2. The molecule has 2 heterocycles. The van der Waals surface area contributed by atoms with Crippen molar-refractivity contribution in [2.24, 2.45) is 0 Å². The minimum atomic E-state index is -0.367. The summed E-state index contributed by atoms with van der Waals surface area (Å²) >= 11 is 6.92. The molecule has 0 saturated heterocycles. The van der Waals surface area contributed by atoms with Gasteiger partial charge in [-0.15, -0.1) is 0 Å². The molecule has 0 fully saturated rings. The maximum absolute atomic E-state index is 14.4. The van der Waals surface area contributed by atoms with Gasteiger partial charge in [0.25, 0.3) is 0 Å². The van der Waals surface area contributed by atoms with Gasteiger partial charge < -0.3 is 10.2 Å². The molecule has 0 aliphatic heterocycles. The smallest absolute Gasteiger partial charge is 0.200 e. The van der Waals surface area contributed by atoms with E-state index in [0.717, 1.165) is 20.3 Å². The fraction of sp³-hybridized carbons (Fsp3) is 0. The van der Waals surface area contributed by atoms with Gasteiger partial charge in [-0.3, -0.25) is 4.79 Å². The Balaban J connectivity index is 1.59. The van der Waals surface area contributed by atoms with Crippen LogP contribution in [-0.2, 0) is 0 Å². The molecule has 9 heteroatoms. The van der Waals surface area contributed by atoms with Crippen molar-refractivity contribution >= 4 is 37.6 Å². The van der Waals surface area contributed by atoms with Crippen LogP contribution in [0.4, 0.5) is 0 Å². The molecule has 0 bridgehead atoms. The molecule has 0 aliphatic carbocycles. The van der Waals surface area contributed by atoms with E-state index in [2.05, 4.69) is 31.9 Å². The third kappa shape index (κ3) is 4.85. The number of phenolic OH excluding ortho intramolecular Hbond substituents is 2. The summed E-state index contributed by atoms with van der Waals surface area (Å²) in [4.78, 5) is 14.4. The molecule has 0 atom stereocenters. The number of rotatable bonds is 6. The molecule has 196 valence electrons. The summed E-state index contributed by atoms with van der Waals surface area (Å²) in [6, 6.07) is 28.8. The van der Waals surface area contributed by atoms with Gasteiger partial charge in [0.2, 0.25) is 5.78 Å². The molecule has 0 spiro atoms. The second-order valence-corrected chi connectivity index (χ2v) is 10.8. The third-order valence-electron chi connectivity index (χ3n) is 6.39. The molecule has 0 amide bonds. The van der Waals surface area contributed by atoms with Crippen molar-refractivity contribution in [2.75, 3.05) is 0 Å². The first kappa shape index (κ1) is 25.8. The number of carbonyl (C=O) groups is 1. The third-order valence-corrected chi connectivity index (χ3v) is 7.37. The molecule has 40 heavy (non-hydrogen) atoms. The van der Waals surface area contributed by atoms with Crippen molar-refractivity contribution in [2.45, 2.75) is 0 Å². The van der Waals surface area contributed by atoms with E-state index in [1.165, 1.54) is 0 Å². The Morgan fingerprint density at radius 1 is 0.600 bits per heavy atom. The number of para-hydroxylation sites is 2. The zero-order valence-corrected chi connectivity index (χ0v) is 23.9. The topological polar surface area (TPSA) is 93.2 Å². The summed E-state index contributed by atoms with van der Waals surface area (Å²) in [6.45, 7) is 0. The Labute approximate surface area is 246 Å². The van der Waals surface area contributed by atoms with E-state index < -0.39 is 0 Å². The monoisotopic (exact) mass is 654 g/mol. The summed E-state index contributed by atoms with van der Waals surface area (Å²) < 4.78 is 4.68. The van der Waals surface area contributed by atoms with Gasteiger partial charge in [0.1, 0.15) is 22.9 Å². The second-order valence-electron chi connectivity index (χ2n) is 9.00. The standard InChI is InChI=1S/C31H20Br2N4O3/c32-19-11-13-27(38)23(15-19)29-25(17-36(34-29)21-7-3-1-4-8-21)31(40)26-18-37(22-9-5-2-6-10-22)35-30(26)24-16-20(33)12-14-28(24)39/h1-18,38-39H. The van der Waals surface area contributed by atoms with Crippen LogP contribution in [0.5, 0.6) is 11.5 Å². The van der Waals surface area contributed by atoms with Crippen LogP contribution in [0.25, 0.3) is 33.9 Å². The summed E-state index contributed by atoms with van der Waals surface area (Å²) in [7, 11) is 0. The van der Waals surface area contributed by atoms with Gasteiger partial charge in [-0.05, 0) is 60.7 Å². The molecule has 0 unspecified atom stereocenters. The molecule has 2 aromatic heterocycles. The highest BCUT2D eigenvalue weighted by Gasteiger charge is 2.27. The van der Waals surface area contributed by atoms with E-state index in [4.69, 9.17) is 10.2 Å². The largest absolute Gasteiger partial charge is 0.507 e. The van der Waals surface area contributed by atoms with Gasteiger partial charge >= 0.3 is 0 Å². The number of aromatic nitrogens is 4. The number of nitrogens with zero attached hydrogens (tertiary/aromatic N) is 4. The summed E-state index contributed by atoms with van der Waals surface area (Å²) in [6.07, 6.45) is 3.30. The van der Waals surface area contributed by atoms with Gasteiger partial charge in [-0.2, -0.15) is 10.2 Å². The zero-order chi connectivity index (χ0) is 27.8. The maximum atomic E-state index is 14.4. The van der Waals surface area contributed by atoms with Crippen molar-refractivity contribution in [1.82, 2.24) is 19.6 Å². The molecule has 6 rings (SSSR count). The van der Waals surface area contributed by atoms with Gasteiger partial charge in [-0.25, -0.2) is 9.36 Å². The van der Waals surface area contributed by atoms with Gasteiger partial charge in [-0.1, -0.05) is 68.3 Å². The fourth-order valence-corrected chi connectivity index (χ4v) is 5.17. The van der Waals surface area contributed by atoms with Gasteiger partial charge in [0, 0.05) is 32.5 Å². The van der Waals surface area contributed by atoms with Crippen LogP contribution in [0.2, 0.25) is 0 Å². The van der Waals surface area contributed by atoms with Crippen molar-refractivity contribution in [1.29, 1.82) is 0 Å². The minimum absolute atomic E-state index is 0.0135. The SMILES string of the molecule is O=C(c1cn(-c2ccccc2)nc1-c1cc(Br)ccc1O)c1cn(-c2ccccc2)nc1-c1cc(Br)ccc1O. The highest BCUT2D eigenvalue weighted by atomic mass is 79.9. The molecule has 2 N–H and O–H groups in total. The summed E-state index contributed by atoms with van der Waals surface area (Å²) in [5.41, 5.74) is 3.45. The predicted molar refractivity (Wildman–Crippen MR) is 160 cm³/mol. The van der Waals surface area contributed by atoms with E-state index in [0.29, 0.717) is 22.5 Å². The normalized spacial score (nSPS) is 11.1. The number of benzene rings is 4. The number of carbonyl (C=O) groups excluding carboxylic acids is 1. The van der Waals surface area contributed by atoms with Crippen LogP contribution in [0, 0.1) is 0 Å². The number of halogens is 2. The van der Waals surface area contributed by atoms with Crippen molar-refractivity contribution in [3.63, 3.8) is 0 Å². The van der Waals surface area contributed by atoms with E-state index in [1.54, 1.807) is 58.2 Å². The van der Waals surface area contributed by atoms with Gasteiger partial charge in [0.15, 0.2) is 0 Å². The molecule has 0 radical (unpaired) electrons. The van der Waals surface area contributed by atoms with Crippen LogP contribution >= 0.6 is 31.9 Å². The van der Waals surface area contributed by atoms with E-state index in [9.17, 15) is 15.0 Å². The first-order valence-corrected chi connectivity index (χ1v) is 13.8. The number of phenols is 2. The van der Waals surface area contributed by atoms with Crippen LogP contribution in [0.3, 0.4) is 0 Å². The molecule has 0 aliphatic rings. The lowest BCUT2D eigenvalue weighted by Crippen LogP contribution is -2.03. The average Bonchev–Trinajstić information content (AvgIpc) is 3.62. The van der Waals surface area contributed by atoms with Crippen LogP contribution in [0.1, 0.15) is 15.9 Å². The minimum Gasteiger partial charge on any atom is -0.507 e. The van der Waals surface area contributed by atoms with Crippen molar-refractivity contribution in [3.05, 3.63) is 130 Å². The molecule has 6 aromatic rings. The van der Waals surface area contributed by atoms with E-state index in [-0.39, 0.29) is 28.4 Å². The highest BCUT2D eigenvalue weighted by molar-refractivity contribution is 9.10. The molecular weight excluding hydrogens is 636 g/mol. The predicted octanol–water partition coefficient (Wildman–Crippen LogP) is 7.56. The van der Waals surface area contributed by atoms with Crippen LogP contribution < -0.4 is 0 Å². The number of aromatic hydroxyl groups is 2. The Kier molecular flexibility index (Phi) is 6.83. The molecular formula is C31H20Br2N4O3. The number of hydrogen-bond acceptors (Lipinski definition) is 5. The lowest BCUT2D eigenvalue weighted by molar-refractivity contribution is 0.104. The summed E-state index contributed by atoms with van der Waals surface area (Å²) in [5.74, 6) is -0.395. The quantitative estimate of drug-likeness (QED) is 0.181. The zero-order valence-electron chi connectivity index (χ0n) is 20.7. The van der Waals surface area contributed by atoms with E-state index >= 15 is 0 Å². The van der Waals surface area contributed by atoms with Crippen molar-refractivity contribution < 1.29 is 15.0 Å². The Bertz CT molecular complexity index is 1730. The molecule has 4 aromatic carbocycles. The highest BCUT2D eigenvalue weighted by Crippen LogP contribution is 2.38. The van der Waals surface area contributed by atoms with E-state index in [1.807, 2.05) is 60.7 Å². The Morgan fingerprint density at radius 2 is 1.00 bits per heavy atom. The van der Waals surface area contributed by atoms with Crippen LogP contribution in [-0.4, -0.2) is 35.6 Å². The second kappa shape index (κ2) is 10.6. The fourth-order valence-electron chi connectivity index (χ4n) is 4.44. The molecule has 0 saturated carbocycles. The first-order chi connectivity index (χ1) is 19.4.